The molecule has 0 radical (unpaired) electrons. The molecule has 6 nitrogen and oxygen atoms in total. The molecule has 1 saturated heterocycles. The quantitative estimate of drug-likeness (QED) is 0.418. The molecule has 0 saturated carbocycles. The molecule has 1 aromatic heterocycles. The van der Waals surface area contributed by atoms with Gasteiger partial charge in [-0.3, -0.25) is 4.79 Å². The molecular formula is C25H31N3O3. The number of para-hydroxylation sites is 1. The van der Waals surface area contributed by atoms with E-state index in [-0.39, 0.29) is 6.47 Å². The lowest BCUT2D eigenvalue weighted by molar-refractivity contribution is -0.122. The van der Waals surface area contributed by atoms with Crippen LogP contribution in [0, 0.1) is 0 Å². The lowest BCUT2D eigenvalue weighted by Crippen LogP contribution is -2.31. The van der Waals surface area contributed by atoms with Gasteiger partial charge < -0.3 is 20.1 Å². The van der Waals surface area contributed by atoms with Gasteiger partial charge in [0.25, 0.3) is 6.47 Å². The van der Waals surface area contributed by atoms with E-state index in [4.69, 9.17) is 19.6 Å². The first-order chi connectivity index (χ1) is 15.2. The number of hydrogen-bond acceptors (Lipinski definition) is 5. The maximum absolute atomic E-state index is 8.36. The number of carbonyl (C=O) groups is 1. The average Bonchev–Trinajstić information content (AvgIpc) is 2.83. The van der Waals surface area contributed by atoms with E-state index in [0.717, 1.165) is 41.2 Å². The average molecular weight is 422 g/mol. The van der Waals surface area contributed by atoms with Gasteiger partial charge in [-0.05, 0) is 63.2 Å². The van der Waals surface area contributed by atoms with E-state index in [2.05, 4.69) is 40.5 Å². The van der Waals surface area contributed by atoms with Crippen LogP contribution in [0.3, 0.4) is 0 Å². The van der Waals surface area contributed by atoms with Crippen molar-refractivity contribution >= 4 is 23.1 Å². The second-order valence-electron chi connectivity index (χ2n) is 7.59. The largest absolute Gasteiger partial charge is 0.497 e. The Balaban J connectivity index is 0.000000858. The van der Waals surface area contributed by atoms with Crippen molar-refractivity contribution in [2.45, 2.75) is 25.7 Å². The third kappa shape index (κ3) is 6.43. The second kappa shape index (κ2) is 11.9. The molecule has 0 spiro atoms. The van der Waals surface area contributed by atoms with Crippen LogP contribution in [0.25, 0.3) is 22.2 Å². The van der Waals surface area contributed by atoms with E-state index in [9.17, 15) is 0 Å². The smallest absolute Gasteiger partial charge is 0.290 e. The number of rotatable bonds is 7. The van der Waals surface area contributed by atoms with Gasteiger partial charge in [-0.25, -0.2) is 4.98 Å². The molecule has 2 N–H and O–H groups in total. The van der Waals surface area contributed by atoms with Gasteiger partial charge in [0, 0.05) is 23.2 Å². The lowest BCUT2D eigenvalue weighted by atomic mass is 10.1. The fourth-order valence-electron chi connectivity index (χ4n) is 3.96. The summed E-state index contributed by atoms with van der Waals surface area (Å²) in [7, 11) is 1.70. The van der Waals surface area contributed by atoms with Gasteiger partial charge >= 0.3 is 0 Å². The minimum Gasteiger partial charge on any atom is -0.497 e. The number of nitrogens with one attached hydrogen (secondary N) is 1. The number of anilines is 1. The van der Waals surface area contributed by atoms with Crippen LogP contribution in [0.1, 0.15) is 25.7 Å². The van der Waals surface area contributed by atoms with Gasteiger partial charge in [0.1, 0.15) is 5.75 Å². The number of ether oxygens (including phenoxy) is 1. The fourth-order valence-corrected chi connectivity index (χ4v) is 3.96. The number of methoxy groups -OCH3 is 1. The third-order valence-electron chi connectivity index (χ3n) is 5.50. The molecule has 0 aliphatic carbocycles. The van der Waals surface area contributed by atoms with E-state index >= 15 is 0 Å². The van der Waals surface area contributed by atoms with Crippen molar-refractivity contribution in [1.29, 1.82) is 0 Å². The predicted molar refractivity (Wildman–Crippen MR) is 126 cm³/mol. The van der Waals surface area contributed by atoms with Crippen LogP contribution >= 0.6 is 0 Å². The zero-order chi connectivity index (χ0) is 21.9. The van der Waals surface area contributed by atoms with E-state index in [1.807, 2.05) is 24.3 Å². The molecule has 2 heterocycles. The normalized spacial score (nSPS) is 13.8. The highest BCUT2D eigenvalue weighted by atomic mass is 16.5. The van der Waals surface area contributed by atoms with E-state index in [1.54, 1.807) is 7.11 Å². The molecule has 0 amide bonds. The number of piperidine rings is 1. The summed E-state index contributed by atoms with van der Waals surface area (Å²) in [6.07, 6.45) is 5.26. The van der Waals surface area contributed by atoms with E-state index in [1.165, 1.54) is 44.3 Å². The van der Waals surface area contributed by atoms with Crippen LogP contribution in [-0.4, -0.2) is 54.8 Å². The van der Waals surface area contributed by atoms with Crippen molar-refractivity contribution in [2.24, 2.45) is 0 Å². The van der Waals surface area contributed by atoms with E-state index in [0.29, 0.717) is 0 Å². The van der Waals surface area contributed by atoms with Crippen LogP contribution in [0.2, 0.25) is 0 Å². The fraction of sp³-hybridized carbons (Fsp3) is 0.360. The van der Waals surface area contributed by atoms with Gasteiger partial charge in [-0.1, -0.05) is 36.8 Å². The van der Waals surface area contributed by atoms with Gasteiger partial charge in [0.05, 0.1) is 18.3 Å². The minimum absolute atomic E-state index is 0.250. The Morgan fingerprint density at radius 3 is 2.65 bits per heavy atom. The Labute approximate surface area is 183 Å². The van der Waals surface area contributed by atoms with Crippen molar-refractivity contribution in [2.75, 3.05) is 38.6 Å². The molecule has 1 aliphatic heterocycles. The highest BCUT2D eigenvalue weighted by Crippen LogP contribution is 2.29. The summed E-state index contributed by atoms with van der Waals surface area (Å²) in [4.78, 5) is 15.8. The number of hydrogen-bond donors (Lipinski definition) is 2. The van der Waals surface area contributed by atoms with Crippen LogP contribution in [0.4, 0.5) is 5.69 Å². The Bertz CT molecular complexity index is 971. The molecule has 0 atom stereocenters. The number of benzene rings is 2. The van der Waals surface area contributed by atoms with Crippen molar-refractivity contribution in [3.05, 3.63) is 54.6 Å². The molecule has 31 heavy (non-hydrogen) atoms. The molecule has 1 fully saturated rings. The summed E-state index contributed by atoms with van der Waals surface area (Å²) in [5, 5.41) is 11.7. The maximum Gasteiger partial charge on any atom is 0.290 e. The topological polar surface area (TPSA) is 74.7 Å². The minimum atomic E-state index is -0.250. The Hall–Kier alpha value is -3.12. The summed E-state index contributed by atoms with van der Waals surface area (Å²) in [5.41, 5.74) is 4.21. The van der Waals surface area contributed by atoms with Crippen molar-refractivity contribution in [3.63, 3.8) is 0 Å². The Morgan fingerprint density at radius 1 is 1.10 bits per heavy atom. The molecule has 0 unspecified atom stereocenters. The number of nitrogens with zero attached hydrogens (tertiary/aromatic N) is 2. The second-order valence-corrected chi connectivity index (χ2v) is 7.59. The molecule has 164 valence electrons. The molecule has 2 aromatic carbocycles. The van der Waals surface area contributed by atoms with Crippen molar-refractivity contribution < 1.29 is 14.6 Å². The van der Waals surface area contributed by atoms with Gasteiger partial charge in [-0.15, -0.1) is 0 Å². The van der Waals surface area contributed by atoms with Gasteiger partial charge in [0.15, 0.2) is 0 Å². The Morgan fingerprint density at radius 2 is 1.87 bits per heavy atom. The van der Waals surface area contributed by atoms with Gasteiger partial charge in [0.2, 0.25) is 0 Å². The molecule has 0 bridgehead atoms. The summed E-state index contributed by atoms with van der Waals surface area (Å²) < 4.78 is 5.38. The first-order valence-corrected chi connectivity index (χ1v) is 10.8. The van der Waals surface area contributed by atoms with Crippen LogP contribution in [0.15, 0.2) is 54.6 Å². The highest BCUT2D eigenvalue weighted by Gasteiger charge is 2.10. The zero-order valence-electron chi connectivity index (χ0n) is 18.1. The molecule has 4 rings (SSSR count). The standard InChI is InChI=1S/C24H29N3O.CH2O2/c1-28-20-10-7-9-19(17-20)23-18-24(21-11-3-4-12-22(21)26-23)25-13-8-16-27-14-5-2-6-15-27;2-1-3/h3-4,7,9-12,17-18H,2,5-6,8,13-16H2,1H3,(H,25,26);1H,(H,2,3). The van der Waals surface area contributed by atoms with Gasteiger partial charge in [-0.2, -0.15) is 0 Å². The van der Waals surface area contributed by atoms with Crippen molar-refractivity contribution in [1.82, 2.24) is 9.88 Å². The van der Waals surface area contributed by atoms with Crippen LogP contribution in [-0.2, 0) is 4.79 Å². The number of fused-ring (bicyclic) bond motifs is 1. The summed E-state index contributed by atoms with van der Waals surface area (Å²) in [5.74, 6) is 0.850. The summed E-state index contributed by atoms with van der Waals surface area (Å²) >= 11 is 0. The Kier molecular flexibility index (Phi) is 8.67. The first-order valence-electron chi connectivity index (χ1n) is 10.8. The summed E-state index contributed by atoms with van der Waals surface area (Å²) in [6, 6.07) is 18.6. The SMILES string of the molecule is COc1cccc(-c2cc(NCCCN3CCCCC3)c3ccccc3n2)c1.O=CO. The highest BCUT2D eigenvalue weighted by molar-refractivity contribution is 5.93. The lowest BCUT2D eigenvalue weighted by Gasteiger charge is -2.26. The maximum atomic E-state index is 8.36. The number of likely N-dealkylation sites (tertiary alicyclic amines) is 1. The summed E-state index contributed by atoms with van der Waals surface area (Å²) in [6.45, 7) is 4.43. The van der Waals surface area contributed by atoms with Crippen LogP contribution in [0.5, 0.6) is 5.75 Å². The van der Waals surface area contributed by atoms with E-state index < -0.39 is 0 Å². The van der Waals surface area contributed by atoms with Crippen LogP contribution < -0.4 is 10.1 Å². The number of carboxylic acid groups (broad SMARTS) is 1. The zero-order valence-corrected chi connectivity index (χ0v) is 18.1. The molecular weight excluding hydrogens is 390 g/mol. The van der Waals surface area contributed by atoms with Crippen molar-refractivity contribution in [3.8, 4) is 17.0 Å². The molecule has 1 aliphatic rings. The monoisotopic (exact) mass is 421 g/mol. The molecule has 6 heteroatoms. The number of aromatic nitrogens is 1. The number of pyridine rings is 1. The third-order valence-corrected chi connectivity index (χ3v) is 5.50. The first kappa shape index (κ1) is 22.6. The predicted octanol–water partition coefficient (Wildman–Crippen LogP) is 4.90. The molecule has 3 aromatic rings.